The SMILES string of the molecule is NC1CCC(=O)N(Cc2ccn(C3CCCC3)n2)C1=O. The fraction of sp³-hybridized carbons (Fsp3) is 0.643. The molecule has 1 aliphatic heterocycles. The maximum absolute atomic E-state index is 11.9. The molecule has 108 valence electrons. The number of amides is 2. The highest BCUT2D eigenvalue weighted by atomic mass is 16.2. The molecule has 1 aromatic rings. The molecule has 1 aromatic heterocycles. The topological polar surface area (TPSA) is 81.2 Å². The Bertz CT molecular complexity index is 519. The molecule has 2 fully saturated rings. The number of piperidine rings is 1. The highest BCUT2D eigenvalue weighted by molar-refractivity contribution is 6.00. The van der Waals surface area contributed by atoms with E-state index in [1.807, 2.05) is 16.9 Å². The monoisotopic (exact) mass is 276 g/mol. The smallest absolute Gasteiger partial charge is 0.246 e. The van der Waals surface area contributed by atoms with Crippen molar-refractivity contribution in [1.29, 1.82) is 0 Å². The Kier molecular flexibility index (Phi) is 3.56. The zero-order valence-corrected chi connectivity index (χ0v) is 11.5. The first-order valence-electron chi connectivity index (χ1n) is 7.29. The standard InChI is InChI=1S/C14H20N4O2/c15-12-5-6-13(19)17(14(12)20)9-10-7-8-18(16-10)11-3-1-2-4-11/h7-8,11-12H,1-6,9,15H2. The summed E-state index contributed by atoms with van der Waals surface area (Å²) in [7, 11) is 0. The van der Waals surface area contributed by atoms with Crippen LogP contribution in [0, 0.1) is 0 Å². The van der Waals surface area contributed by atoms with Crippen LogP contribution in [-0.4, -0.2) is 32.5 Å². The average molecular weight is 276 g/mol. The Balaban J connectivity index is 1.70. The lowest BCUT2D eigenvalue weighted by molar-refractivity contribution is -0.150. The van der Waals surface area contributed by atoms with Gasteiger partial charge in [-0.05, 0) is 25.3 Å². The van der Waals surface area contributed by atoms with E-state index in [-0.39, 0.29) is 18.4 Å². The number of likely N-dealkylation sites (tertiary alicyclic amines) is 1. The Morgan fingerprint density at radius 1 is 1.25 bits per heavy atom. The Morgan fingerprint density at radius 2 is 2.00 bits per heavy atom. The molecule has 2 amide bonds. The number of hydrogen-bond donors (Lipinski definition) is 1. The maximum Gasteiger partial charge on any atom is 0.246 e. The summed E-state index contributed by atoms with van der Waals surface area (Å²) in [6.45, 7) is 0.241. The molecular formula is C14H20N4O2. The molecule has 1 aliphatic carbocycles. The van der Waals surface area contributed by atoms with E-state index in [4.69, 9.17) is 5.73 Å². The zero-order valence-electron chi connectivity index (χ0n) is 11.5. The van der Waals surface area contributed by atoms with Crippen molar-refractivity contribution in [1.82, 2.24) is 14.7 Å². The van der Waals surface area contributed by atoms with Crippen LogP contribution < -0.4 is 5.73 Å². The van der Waals surface area contributed by atoms with Gasteiger partial charge in [0.05, 0.1) is 24.3 Å². The third kappa shape index (κ3) is 2.47. The van der Waals surface area contributed by atoms with Crippen LogP contribution in [-0.2, 0) is 16.1 Å². The predicted molar refractivity (Wildman–Crippen MR) is 72.5 cm³/mol. The molecule has 3 rings (SSSR count). The molecule has 1 unspecified atom stereocenters. The van der Waals surface area contributed by atoms with Gasteiger partial charge in [-0.2, -0.15) is 5.10 Å². The zero-order chi connectivity index (χ0) is 14.1. The largest absolute Gasteiger partial charge is 0.320 e. The fourth-order valence-electron chi connectivity index (χ4n) is 3.02. The third-order valence-electron chi connectivity index (χ3n) is 4.24. The van der Waals surface area contributed by atoms with E-state index in [0.717, 1.165) is 18.5 Å². The fourth-order valence-corrected chi connectivity index (χ4v) is 3.02. The highest BCUT2D eigenvalue weighted by Crippen LogP contribution is 2.28. The van der Waals surface area contributed by atoms with Gasteiger partial charge >= 0.3 is 0 Å². The number of hydrogen-bond acceptors (Lipinski definition) is 4. The van der Waals surface area contributed by atoms with E-state index < -0.39 is 6.04 Å². The number of aromatic nitrogens is 2. The van der Waals surface area contributed by atoms with E-state index in [1.54, 1.807) is 0 Å². The van der Waals surface area contributed by atoms with Crippen LogP contribution in [0.3, 0.4) is 0 Å². The Hall–Kier alpha value is -1.69. The number of rotatable bonds is 3. The molecule has 0 spiro atoms. The molecular weight excluding hydrogens is 256 g/mol. The average Bonchev–Trinajstić information content (AvgIpc) is 3.09. The Labute approximate surface area is 117 Å². The molecule has 1 atom stereocenters. The number of nitrogens with two attached hydrogens (primary N) is 1. The summed E-state index contributed by atoms with van der Waals surface area (Å²) in [6, 6.07) is 1.81. The van der Waals surface area contributed by atoms with Crippen LogP contribution in [0.25, 0.3) is 0 Å². The molecule has 2 aliphatic rings. The minimum absolute atomic E-state index is 0.146. The second kappa shape index (κ2) is 5.36. The van der Waals surface area contributed by atoms with Gasteiger partial charge < -0.3 is 5.73 Å². The minimum Gasteiger partial charge on any atom is -0.320 e. The van der Waals surface area contributed by atoms with Gasteiger partial charge in [-0.15, -0.1) is 0 Å². The lowest BCUT2D eigenvalue weighted by Crippen LogP contribution is -2.50. The second-order valence-corrected chi connectivity index (χ2v) is 5.69. The molecule has 1 saturated heterocycles. The van der Waals surface area contributed by atoms with Gasteiger partial charge in [0.2, 0.25) is 11.8 Å². The molecule has 0 aromatic carbocycles. The second-order valence-electron chi connectivity index (χ2n) is 5.69. The van der Waals surface area contributed by atoms with Gasteiger partial charge in [0.25, 0.3) is 0 Å². The van der Waals surface area contributed by atoms with Gasteiger partial charge in [-0.1, -0.05) is 12.8 Å². The lowest BCUT2D eigenvalue weighted by atomic mass is 10.1. The summed E-state index contributed by atoms with van der Waals surface area (Å²) >= 11 is 0. The summed E-state index contributed by atoms with van der Waals surface area (Å²) in [5.41, 5.74) is 6.48. The van der Waals surface area contributed by atoms with E-state index >= 15 is 0 Å². The number of carbonyl (C=O) groups excluding carboxylic acids is 2. The summed E-state index contributed by atoms with van der Waals surface area (Å²) in [6.07, 6.45) is 7.56. The van der Waals surface area contributed by atoms with Gasteiger partial charge in [0.1, 0.15) is 0 Å². The van der Waals surface area contributed by atoms with Crippen molar-refractivity contribution in [2.45, 2.75) is 57.2 Å². The molecule has 6 nitrogen and oxygen atoms in total. The van der Waals surface area contributed by atoms with Gasteiger partial charge in [-0.25, -0.2) is 0 Å². The van der Waals surface area contributed by atoms with Crippen LogP contribution in [0.4, 0.5) is 0 Å². The lowest BCUT2D eigenvalue weighted by Gasteiger charge is -2.27. The van der Waals surface area contributed by atoms with Crippen molar-refractivity contribution in [2.75, 3.05) is 0 Å². The van der Waals surface area contributed by atoms with E-state index in [0.29, 0.717) is 18.9 Å². The molecule has 6 heteroatoms. The number of carbonyl (C=O) groups is 2. The third-order valence-corrected chi connectivity index (χ3v) is 4.24. The molecule has 0 radical (unpaired) electrons. The minimum atomic E-state index is -0.551. The first kappa shape index (κ1) is 13.3. The number of imide groups is 1. The molecule has 20 heavy (non-hydrogen) atoms. The summed E-state index contributed by atoms with van der Waals surface area (Å²) in [4.78, 5) is 25.0. The molecule has 1 saturated carbocycles. The maximum atomic E-state index is 11.9. The first-order valence-corrected chi connectivity index (χ1v) is 7.29. The van der Waals surface area contributed by atoms with Crippen molar-refractivity contribution in [3.05, 3.63) is 18.0 Å². The summed E-state index contributed by atoms with van der Waals surface area (Å²) in [5.74, 6) is -0.427. The number of nitrogens with zero attached hydrogens (tertiary/aromatic N) is 3. The van der Waals surface area contributed by atoms with E-state index in [1.165, 1.54) is 17.7 Å². The van der Waals surface area contributed by atoms with E-state index in [2.05, 4.69) is 5.10 Å². The highest BCUT2D eigenvalue weighted by Gasteiger charge is 2.32. The van der Waals surface area contributed by atoms with E-state index in [9.17, 15) is 9.59 Å². The molecule has 2 heterocycles. The van der Waals surface area contributed by atoms with Crippen molar-refractivity contribution in [2.24, 2.45) is 5.73 Å². The van der Waals surface area contributed by atoms with Crippen molar-refractivity contribution >= 4 is 11.8 Å². The van der Waals surface area contributed by atoms with Gasteiger partial charge in [0, 0.05) is 12.6 Å². The Morgan fingerprint density at radius 3 is 2.75 bits per heavy atom. The van der Waals surface area contributed by atoms with Gasteiger partial charge in [0.15, 0.2) is 0 Å². The van der Waals surface area contributed by atoms with Gasteiger partial charge in [-0.3, -0.25) is 19.2 Å². The molecule has 2 N–H and O–H groups in total. The van der Waals surface area contributed by atoms with Crippen molar-refractivity contribution in [3.8, 4) is 0 Å². The van der Waals surface area contributed by atoms with Crippen LogP contribution in [0.5, 0.6) is 0 Å². The summed E-state index contributed by atoms with van der Waals surface area (Å²) < 4.78 is 1.97. The van der Waals surface area contributed by atoms with Crippen LogP contribution >= 0.6 is 0 Å². The van der Waals surface area contributed by atoms with Crippen LogP contribution in [0.15, 0.2) is 12.3 Å². The first-order chi connectivity index (χ1) is 9.65. The normalized spacial score (nSPS) is 24.6. The predicted octanol–water partition coefficient (Wildman–Crippen LogP) is 0.974. The molecule has 0 bridgehead atoms. The quantitative estimate of drug-likeness (QED) is 0.834. The van der Waals surface area contributed by atoms with Crippen LogP contribution in [0.2, 0.25) is 0 Å². The van der Waals surface area contributed by atoms with Crippen molar-refractivity contribution in [3.63, 3.8) is 0 Å². The van der Waals surface area contributed by atoms with Crippen molar-refractivity contribution < 1.29 is 9.59 Å². The summed E-state index contributed by atoms with van der Waals surface area (Å²) in [5, 5.41) is 4.51. The van der Waals surface area contributed by atoms with Crippen LogP contribution in [0.1, 0.15) is 50.3 Å².